The number of unbranched alkanes of at least 4 members (excludes halogenated alkanes) is 1. The number of hydrogen-bond acceptors (Lipinski definition) is 4. The fourth-order valence-electron chi connectivity index (χ4n) is 3.10. The molecule has 1 aromatic rings. The van der Waals surface area contributed by atoms with Crippen molar-refractivity contribution in [1.82, 2.24) is 9.88 Å². The van der Waals surface area contributed by atoms with E-state index in [0.29, 0.717) is 0 Å². The van der Waals surface area contributed by atoms with Gasteiger partial charge in [0.15, 0.2) is 0 Å². The highest BCUT2D eigenvalue weighted by atomic mass is 15.1. The van der Waals surface area contributed by atoms with Crippen LogP contribution in [0.1, 0.15) is 55.0 Å². The second-order valence-electron chi connectivity index (χ2n) is 6.39. The van der Waals surface area contributed by atoms with Gasteiger partial charge in [-0.25, -0.2) is 4.98 Å². The summed E-state index contributed by atoms with van der Waals surface area (Å²) < 4.78 is 0. The summed E-state index contributed by atoms with van der Waals surface area (Å²) in [7, 11) is 4.11. The normalized spacial score (nSPS) is 13.8. The first-order chi connectivity index (χ1) is 10.7. The van der Waals surface area contributed by atoms with Crippen molar-refractivity contribution in [1.29, 1.82) is 5.26 Å². The minimum absolute atomic E-state index is 0.786. The molecule has 0 fully saturated rings. The lowest BCUT2D eigenvalue weighted by atomic mass is 9.86. The van der Waals surface area contributed by atoms with Gasteiger partial charge in [-0.2, -0.15) is 5.26 Å². The molecule has 0 amide bonds. The lowest BCUT2D eigenvalue weighted by molar-refractivity contribution is 0.425. The van der Waals surface area contributed by atoms with Crippen LogP contribution in [0.5, 0.6) is 0 Å². The van der Waals surface area contributed by atoms with Crippen LogP contribution in [0, 0.1) is 11.3 Å². The molecular weight excluding hydrogens is 272 g/mol. The Morgan fingerprint density at radius 1 is 1.23 bits per heavy atom. The molecule has 0 radical (unpaired) electrons. The molecule has 1 aliphatic carbocycles. The third kappa shape index (κ3) is 3.98. The van der Waals surface area contributed by atoms with Crippen LogP contribution in [0.4, 0.5) is 5.82 Å². The van der Waals surface area contributed by atoms with Crippen LogP contribution in [0.2, 0.25) is 0 Å². The van der Waals surface area contributed by atoms with Gasteiger partial charge in [-0.05, 0) is 63.7 Å². The lowest BCUT2D eigenvalue weighted by Crippen LogP contribution is -2.22. The van der Waals surface area contributed by atoms with Gasteiger partial charge in [0.2, 0.25) is 0 Å². The van der Waals surface area contributed by atoms with Gasteiger partial charge < -0.3 is 10.2 Å². The van der Waals surface area contributed by atoms with E-state index in [2.05, 4.69) is 37.3 Å². The maximum Gasteiger partial charge on any atom is 0.144 e. The Kier molecular flexibility index (Phi) is 6.21. The molecular formula is C18H28N4. The Bertz CT molecular complexity index is 543. The van der Waals surface area contributed by atoms with Crippen molar-refractivity contribution >= 4 is 5.82 Å². The lowest BCUT2D eigenvalue weighted by Gasteiger charge is -2.23. The largest absolute Gasteiger partial charge is 0.368 e. The van der Waals surface area contributed by atoms with E-state index in [4.69, 9.17) is 4.98 Å². The number of rotatable bonds is 7. The number of pyridine rings is 1. The summed E-state index contributed by atoms with van der Waals surface area (Å²) in [6.45, 7) is 3.97. The first kappa shape index (κ1) is 16.8. The molecule has 1 N–H and O–H groups in total. The predicted molar refractivity (Wildman–Crippen MR) is 91.2 cm³/mol. The Labute approximate surface area is 134 Å². The molecule has 0 bridgehead atoms. The molecule has 0 saturated heterocycles. The molecule has 0 unspecified atom stereocenters. The number of nitriles is 1. The van der Waals surface area contributed by atoms with E-state index in [0.717, 1.165) is 43.7 Å². The molecule has 0 atom stereocenters. The summed E-state index contributed by atoms with van der Waals surface area (Å²) in [5, 5.41) is 13.0. The van der Waals surface area contributed by atoms with Crippen molar-refractivity contribution in [2.24, 2.45) is 0 Å². The molecule has 1 aliphatic rings. The maximum absolute atomic E-state index is 9.61. The van der Waals surface area contributed by atoms with Gasteiger partial charge in [0.05, 0.1) is 5.56 Å². The number of hydrogen-bond donors (Lipinski definition) is 1. The minimum Gasteiger partial charge on any atom is -0.368 e. The summed E-state index contributed by atoms with van der Waals surface area (Å²) in [6, 6.07) is 2.41. The SMILES string of the molecule is CCCCc1nc(NCCN(C)C)c(C#N)c2c1CCCC2. The van der Waals surface area contributed by atoms with Crippen LogP contribution in [0.3, 0.4) is 0 Å². The number of nitrogens with one attached hydrogen (secondary N) is 1. The van der Waals surface area contributed by atoms with Crippen LogP contribution < -0.4 is 5.32 Å². The fraction of sp³-hybridized carbons (Fsp3) is 0.667. The van der Waals surface area contributed by atoms with Gasteiger partial charge in [-0.1, -0.05) is 13.3 Å². The van der Waals surface area contributed by atoms with Gasteiger partial charge >= 0.3 is 0 Å². The number of likely N-dealkylation sites (N-methyl/N-ethyl adjacent to an activating group) is 1. The topological polar surface area (TPSA) is 52.0 Å². The zero-order valence-electron chi connectivity index (χ0n) is 14.2. The average molecular weight is 300 g/mol. The van der Waals surface area contributed by atoms with E-state index >= 15 is 0 Å². The van der Waals surface area contributed by atoms with Gasteiger partial charge in [0, 0.05) is 18.8 Å². The summed E-state index contributed by atoms with van der Waals surface area (Å²) in [4.78, 5) is 6.97. The Morgan fingerprint density at radius 2 is 1.95 bits per heavy atom. The fourth-order valence-corrected chi connectivity index (χ4v) is 3.10. The molecule has 2 rings (SSSR count). The maximum atomic E-state index is 9.61. The smallest absolute Gasteiger partial charge is 0.144 e. The second-order valence-corrected chi connectivity index (χ2v) is 6.39. The summed E-state index contributed by atoms with van der Waals surface area (Å²) in [6.07, 6.45) is 7.92. The minimum atomic E-state index is 0.786. The van der Waals surface area contributed by atoms with Crippen LogP contribution in [0.15, 0.2) is 0 Å². The third-order valence-electron chi connectivity index (χ3n) is 4.33. The number of nitrogens with zero attached hydrogens (tertiary/aromatic N) is 3. The van der Waals surface area contributed by atoms with Gasteiger partial charge in [-0.15, -0.1) is 0 Å². The summed E-state index contributed by atoms with van der Waals surface area (Å²) in [5.74, 6) is 0.802. The second kappa shape index (κ2) is 8.14. The van der Waals surface area contributed by atoms with Crippen molar-refractivity contribution in [3.8, 4) is 6.07 Å². The number of aryl methyl sites for hydroxylation is 1. The van der Waals surface area contributed by atoms with Crippen molar-refractivity contribution < 1.29 is 0 Å². The highest BCUT2D eigenvalue weighted by Crippen LogP contribution is 2.31. The number of fused-ring (bicyclic) bond motifs is 1. The quantitative estimate of drug-likeness (QED) is 0.840. The highest BCUT2D eigenvalue weighted by Gasteiger charge is 2.21. The Hall–Kier alpha value is -1.60. The van der Waals surface area contributed by atoms with Crippen molar-refractivity contribution in [3.05, 3.63) is 22.4 Å². The molecule has 120 valence electrons. The van der Waals surface area contributed by atoms with Crippen LogP contribution >= 0.6 is 0 Å². The van der Waals surface area contributed by atoms with Crippen molar-refractivity contribution in [2.45, 2.75) is 51.9 Å². The number of aromatic nitrogens is 1. The summed E-state index contributed by atoms with van der Waals surface area (Å²) in [5.41, 5.74) is 4.65. The molecule has 0 spiro atoms. The molecule has 0 aromatic carbocycles. The van der Waals surface area contributed by atoms with E-state index in [9.17, 15) is 5.26 Å². The van der Waals surface area contributed by atoms with E-state index in [1.54, 1.807) is 0 Å². The van der Waals surface area contributed by atoms with E-state index in [1.165, 1.54) is 42.5 Å². The predicted octanol–water partition coefficient (Wildman–Crippen LogP) is 3.15. The Morgan fingerprint density at radius 3 is 2.59 bits per heavy atom. The van der Waals surface area contributed by atoms with Crippen LogP contribution in [0.25, 0.3) is 0 Å². The average Bonchev–Trinajstić information content (AvgIpc) is 2.52. The molecule has 4 nitrogen and oxygen atoms in total. The van der Waals surface area contributed by atoms with Crippen molar-refractivity contribution in [3.63, 3.8) is 0 Å². The van der Waals surface area contributed by atoms with Crippen LogP contribution in [-0.4, -0.2) is 37.1 Å². The zero-order chi connectivity index (χ0) is 15.9. The van der Waals surface area contributed by atoms with Gasteiger partial charge in [0.25, 0.3) is 0 Å². The summed E-state index contributed by atoms with van der Waals surface area (Å²) >= 11 is 0. The molecule has 0 saturated carbocycles. The first-order valence-electron chi connectivity index (χ1n) is 8.50. The monoisotopic (exact) mass is 300 g/mol. The van der Waals surface area contributed by atoms with E-state index in [1.807, 2.05) is 0 Å². The Balaban J connectivity index is 2.32. The standard InChI is InChI=1S/C18H28N4/c1-4-5-10-17-15-9-7-6-8-14(15)16(13-19)18(21-17)20-11-12-22(2)3/h4-12H2,1-3H3,(H,20,21). The third-order valence-corrected chi connectivity index (χ3v) is 4.33. The molecule has 1 aromatic heterocycles. The van der Waals surface area contributed by atoms with Crippen molar-refractivity contribution in [2.75, 3.05) is 32.5 Å². The van der Waals surface area contributed by atoms with E-state index < -0.39 is 0 Å². The molecule has 22 heavy (non-hydrogen) atoms. The van der Waals surface area contributed by atoms with Gasteiger partial charge in [-0.3, -0.25) is 0 Å². The molecule has 1 heterocycles. The van der Waals surface area contributed by atoms with Gasteiger partial charge in [0.1, 0.15) is 11.9 Å². The van der Waals surface area contributed by atoms with E-state index in [-0.39, 0.29) is 0 Å². The number of anilines is 1. The molecule has 0 aliphatic heterocycles. The van der Waals surface area contributed by atoms with Crippen LogP contribution in [-0.2, 0) is 19.3 Å². The first-order valence-corrected chi connectivity index (χ1v) is 8.50. The molecule has 4 heteroatoms. The zero-order valence-corrected chi connectivity index (χ0v) is 14.2. The highest BCUT2D eigenvalue weighted by molar-refractivity contribution is 5.60.